The molecule has 1 unspecified atom stereocenters. The number of ether oxygens (including phenoxy) is 2. The maximum Gasteiger partial charge on any atom is 0.157 e. The maximum absolute atomic E-state index is 10.7. The minimum atomic E-state index is -1.91. The summed E-state index contributed by atoms with van der Waals surface area (Å²) in [6, 6.07) is 5.10. The van der Waals surface area contributed by atoms with Gasteiger partial charge in [-0.15, -0.1) is 0 Å². The molecule has 0 amide bonds. The summed E-state index contributed by atoms with van der Waals surface area (Å²) >= 11 is 4.03. The molecule has 0 aromatic heterocycles. The van der Waals surface area contributed by atoms with E-state index in [1.807, 2.05) is 0 Å². The first-order valence-corrected chi connectivity index (χ1v) is 6.27. The molecule has 6 heteroatoms. The normalized spacial score (nSPS) is 12.4. The lowest BCUT2D eigenvalue weighted by Gasteiger charge is -2.11. The lowest BCUT2D eigenvalue weighted by atomic mass is 10.2. The first-order valence-electron chi connectivity index (χ1n) is 4.61. The number of hydrogen-bond donors (Lipinski definition) is 1. The monoisotopic (exact) mass is 264 g/mol. The van der Waals surface area contributed by atoms with Crippen LogP contribution in [0.4, 0.5) is 0 Å². The number of para-hydroxylation sites is 1. The molecule has 0 radical (unpaired) electrons. The summed E-state index contributed by atoms with van der Waals surface area (Å²) in [5, 5.41) is 0.430. The lowest BCUT2D eigenvalue weighted by molar-refractivity contribution is 0.146. The van der Waals surface area contributed by atoms with Crippen molar-refractivity contribution in [1.82, 2.24) is 0 Å². The van der Waals surface area contributed by atoms with Gasteiger partial charge in [0.25, 0.3) is 0 Å². The molecule has 1 atom stereocenters. The van der Waals surface area contributed by atoms with Crippen LogP contribution in [-0.4, -0.2) is 29.1 Å². The van der Waals surface area contributed by atoms with Gasteiger partial charge in [0, 0.05) is 12.7 Å². The highest BCUT2D eigenvalue weighted by Crippen LogP contribution is 2.29. The van der Waals surface area contributed by atoms with Gasteiger partial charge in [-0.25, -0.2) is 4.21 Å². The zero-order valence-corrected chi connectivity index (χ0v) is 10.4. The third-order valence-corrected chi connectivity index (χ3v) is 2.72. The second-order valence-electron chi connectivity index (χ2n) is 3.04. The summed E-state index contributed by atoms with van der Waals surface area (Å²) in [4.78, 5) is 0. The summed E-state index contributed by atoms with van der Waals surface area (Å²) in [6.45, 7) is 0.790. The molecule has 0 fully saturated rings. The van der Waals surface area contributed by atoms with Crippen molar-refractivity contribution >= 4 is 22.7 Å². The Morgan fingerprint density at radius 1 is 1.44 bits per heavy atom. The smallest absolute Gasteiger partial charge is 0.157 e. The van der Waals surface area contributed by atoms with Gasteiger partial charge >= 0.3 is 0 Å². The van der Waals surface area contributed by atoms with Crippen molar-refractivity contribution in [2.75, 3.05) is 20.3 Å². The average Bonchev–Trinajstić information content (AvgIpc) is 2.21. The molecule has 0 heterocycles. The van der Waals surface area contributed by atoms with Crippen LogP contribution >= 0.6 is 11.6 Å². The van der Waals surface area contributed by atoms with E-state index in [0.29, 0.717) is 29.5 Å². The summed E-state index contributed by atoms with van der Waals surface area (Å²) < 4.78 is 29.8. The topological polar surface area (TPSA) is 55.8 Å². The van der Waals surface area contributed by atoms with Gasteiger partial charge < -0.3 is 14.0 Å². The van der Waals surface area contributed by atoms with Crippen molar-refractivity contribution in [1.29, 1.82) is 0 Å². The van der Waals surface area contributed by atoms with E-state index in [-0.39, 0.29) is 5.75 Å². The molecule has 0 bridgehead atoms. The zero-order chi connectivity index (χ0) is 12.0. The summed E-state index contributed by atoms with van der Waals surface area (Å²) in [6.07, 6.45) is 0. The Kier molecular flexibility index (Phi) is 5.76. The third kappa shape index (κ3) is 4.09. The van der Waals surface area contributed by atoms with Crippen LogP contribution in [0.3, 0.4) is 0 Å². The lowest BCUT2D eigenvalue weighted by Crippen LogP contribution is -2.07. The molecule has 4 nitrogen and oxygen atoms in total. The molecule has 0 spiro atoms. The molecule has 0 aliphatic rings. The van der Waals surface area contributed by atoms with Crippen LogP contribution < -0.4 is 4.74 Å². The Morgan fingerprint density at radius 2 is 2.19 bits per heavy atom. The number of hydrogen-bond acceptors (Lipinski definition) is 3. The quantitative estimate of drug-likeness (QED) is 0.631. The number of methoxy groups -OCH3 is 1. The maximum atomic E-state index is 10.7. The molecule has 1 rings (SSSR count). The second-order valence-corrected chi connectivity index (χ2v) is 4.37. The van der Waals surface area contributed by atoms with Crippen molar-refractivity contribution in [3.05, 3.63) is 28.8 Å². The van der Waals surface area contributed by atoms with Crippen LogP contribution in [0.15, 0.2) is 18.2 Å². The van der Waals surface area contributed by atoms with Gasteiger partial charge in [0.2, 0.25) is 0 Å². The first-order chi connectivity index (χ1) is 7.65. The molecule has 1 N–H and O–H groups in total. The standard InChI is InChI=1S/C10H13ClO4S/c1-14-5-6-15-10-8(7-16(12)13)3-2-4-9(10)11/h2-4H,5-7H2,1H3,(H,12,13). The molecule has 0 saturated carbocycles. The van der Waals surface area contributed by atoms with E-state index in [2.05, 4.69) is 0 Å². The molecule has 90 valence electrons. The van der Waals surface area contributed by atoms with E-state index in [1.165, 1.54) is 0 Å². The number of rotatable bonds is 6. The van der Waals surface area contributed by atoms with Crippen LogP contribution in [-0.2, 0) is 21.6 Å². The minimum Gasteiger partial charge on any atom is -0.489 e. The fourth-order valence-corrected chi connectivity index (χ4v) is 1.93. The van der Waals surface area contributed by atoms with E-state index in [0.717, 1.165) is 0 Å². The van der Waals surface area contributed by atoms with Gasteiger partial charge in [0.15, 0.2) is 11.1 Å². The molecule has 16 heavy (non-hydrogen) atoms. The second kappa shape index (κ2) is 6.85. The molecule has 1 aromatic rings. The van der Waals surface area contributed by atoms with E-state index in [9.17, 15) is 4.21 Å². The highest BCUT2D eigenvalue weighted by atomic mass is 35.5. The molecular weight excluding hydrogens is 252 g/mol. The molecule has 1 aromatic carbocycles. The van der Waals surface area contributed by atoms with Crippen molar-refractivity contribution in [3.63, 3.8) is 0 Å². The SMILES string of the molecule is COCCOc1c(Cl)cccc1CS(=O)O. The van der Waals surface area contributed by atoms with Gasteiger partial charge in [0.1, 0.15) is 12.4 Å². The fraction of sp³-hybridized carbons (Fsp3) is 0.400. The van der Waals surface area contributed by atoms with Crippen LogP contribution in [0.2, 0.25) is 5.02 Å². The summed E-state index contributed by atoms with van der Waals surface area (Å²) in [5.41, 5.74) is 0.615. The van der Waals surface area contributed by atoms with Crippen molar-refractivity contribution < 1.29 is 18.2 Å². The Morgan fingerprint density at radius 3 is 2.81 bits per heavy atom. The Bertz CT molecular complexity index is 370. The highest BCUT2D eigenvalue weighted by molar-refractivity contribution is 7.78. The van der Waals surface area contributed by atoms with Gasteiger partial charge in [0.05, 0.1) is 17.4 Å². The Hall–Kier alpha value is -0.620. The Labute approximate surface area is 102 Å². The van der Waals surface area contributed by atoms with Gasteiger partial charge in [-0.05, 0) is 6.07 Å². The van der Waals surface area contributed by atoms with Crippen LogP contribution in [0.5, 0.6) is 5.75 Å². The van der Waals surface area contributed by atoms with Crippen LogP contribution in [0.25, 0.3) is 0 Å². The van der Waals surface area contributed by atoms with Crippen molar-refractivity contribution in [2.45, 2.75) is 5.75 Å². The predicted octanol–water partition coefficient (Wildman–Crippen LogP) is 2.09. The van der Waals surface area contributed by atoms with E-state index in [4.69, 9.17) is 25.6 Å². The van der Waals surface area contributed by atoms with Gasteiger partial charge in [-0.1, -0.05) is 23.7 Å². The van der Waals surface area contributed by atoms with E-state index >= 15 is 0 Å². The van der Waals surface area contributed by atoms with Gasteiger partial charge in [-0.3, -0.25) is 0 Å². The largest absolute Gasteiger partial charge is 0.489 e. The van der Waals surface area contributed by atoms with Gasteiger partial charge in [-0.2, -0.15) is 0 Å². The molecular formula is C10H13ClO4S. The zero-order valence-electron chi connectivity index (χ0n) is 8.81. The predicted molar refractivity (Wildman–Crippen MR) is 63.3 cm³/mol. The van der Waals surface area contributed by atoms with Crippen molar-refractivity contribution in [3.8, 4) is 5.75 Å². The molecule has 0 aliphatic carbocycles. The van der Waals surface area contributed by atoms with Crippen molar-refractivity contribution in [2.24, 2.45) is 0 Å². The molecule has 0 aliphatic heterocycles. The number of halogens is 1. The highest BCUT2D eigenvalue weighted by Gasteiger charge is 2.10. The van der Waals surface area contributed by atoms with Crippen LogP contribution in [0, 0.1) is 0 Å². The summed E-state index contributed by atoms with van der Waals surface area (Å²) in [5.74, 6) is 0.451. The number of benzene rings is 1. The molecule has 0 saturated heterocycles. The Balaban J connectivity index is 2.81. The third-order valence-electron chi connectivity index (χ3n) is 1.86. The van der Waals surface area contributed by atoms with Crippen LogP contribution in [0.1, 0.15) is 5.56 Å². The van der Waals surface area contributed by atoms with E-state index in [1.54, 1.807) is 25.3 Å². The fourth-order valence-electron chi connectivity index (χ4n) is 1.19. The minimum absolute atomic E-state index is 0.00285. The van der Waals surface area contributed by atoms with E-state index < -0.39 is 11.1 Å². The average molecular weight is 265 g/mol. The first kappa shape index (κ1) is 13.4. The summed E-state index contributed by atoms with van der Waals surface area (Å²) in [7, 11) is 1.57.